The lowest BCUT2D eigenvalue weighted by atomic mass is 9.90. The van der Waals surface area contributed by atoms with E-state index in [-0.39, 0.29) is 5.91 Å². The summed E-state index contributed by atoms with van der Waals surface area (Å²) < 4.78 is 10.9. The molecule has 1 saturated heterocycles. The molecule has 1 amide bonds. The van der Waals surface area contributed by atoms with E-state index in [2.05, 4.69) is 26.3 Å². The molecule has 1 aliphatic heterocycles. The molecule has 2 aromatic heterocycles. The van der Waals surface area contributed by atoms with Crippen LogP contribution < -0.4 is 10.1 Å². The van der Waals surface area contributed by atoms with Gasteiger partial charge in [-0.3, -0.25) is 10.1 Å². The topological polar surface area (TPSA) is 89.1 Å². The van der Waals surface area contributed by atoms with Crippen molar-refractivity contribution in [1.29, 1.82) is 0 Å². The highest BCUT2D eigenvalue weighted by Gasteiger charge is 2.22. The van der Waals surface area contributed by atoms with Crippen molar-refractivity contribution in [3.05, 3.63) is 33.8 Å². The van der Waals surface area contributed by atoms with Gasteiger partial charge in [0.2, 0.25) is 5.95 Å². The average Bonchev–Trinajstić information content (AvgIpc) is 3.27. The number of H-pyrrole nitrogens is 1. The summed E-state index contributed by atoms with van der Waals surface area (Å²) in [6.07, 6.45) is 3.51. The maximum atomic E-state index is 12.4. The van der Waals surface area contributed by atoms with Crippen molar-refractivity contribution < 1.29 is 14.3 Å². The number of carbonyl (C=O) groups excluding carboxylic acids is 1. The third-order valence-electron chi connectivity index (χ3n) is 4.60. The molecule has 0 saturated carbocycles. The van der Waals surface area contributed by atoms with Crippen molar-refractivity contribution in [3.63, 3.8) is 0 Å². The quantitative estimate of drug-likeness (QED) is 0.732. The van der Waals surface area contributed by atoms with Gasteiger partial charge in [0.1, 0.15) is 16.1 Å². The third kappa shape index (κ3) is 3.17. The van der Waals surface area contributed by atoms with Crippen molar-refractivity contribution >= 4 is 34.2 Å². The smallest absolute Gasteiger partial charge is 0.269 e. The molecule has 0 radical (unpaired) electrons. The monoisotopic (exact) mass is 372 g/mol. The summed E-state index contributed by atoms with van der Waals surface area (Å²) in [4.78, 5) is 24.9. The summed E-state index contributed by atoms with van der Waals surface area (Å²) in [6, 6.07) is 4.01. The number of aromatic nitrogens is 3. The number of benzene rings is 1. The van der Waals surface area contributed by atoms with Gasteiger partial charge in [-0.05, 0) is 37.3 Å². The molecule has 1 aliphatic rings. The van der Waals surface area contributed by atoms with Crippen LogP contribution in [-0.4, -0.2) is 41.2 Å². The first kappa shape index (κ1) is 17.0. The molecule has 3 heterocycles. The van der Waals surface area contributed by atoms with Crippen LogP contribution in [0.5, 0.6) is 5.75 Å². The molecule has 0 bridgehead atoms. The number of methoxy groups -OCH3 is 1. The molecular weight excluding hydrogens is 352 g/mol. The van der Waals surface area contributed by atoms with E-state index in [0.29, 0.717) is 22.5 Å². The Morgan fingerprint density at radius 2 is 2.19 bits per heavy atom. The van der Waals surface area contributed by atoms with Crippen molar-refractivity contribution in [2.24, 2.45) is 0 Å². The van der Waals surface area contributed by atoms with Gasteiger partial charge in [-0.25, -0.2) is 9.97 Å². The lowest BCUT2D eigenvalue weighted by molar-refractivity contribution is 0.0856. The molecule has 4 rings (SSSR count). The van der Waals surface area contributed by atoms with Crippen LogP contribution in [0.25, 0.3) is 11.0 Å². The number of fused-ring (bicyclic) bond motifs is 1. The zero-order valence-corrected chi connectivity index (χ0v) is 15.5. The van der Waals surface area contributed by atoms with E-state index in [1.54, 1.807) is 13.3 Å². The van der Waals surface area contributed by atoms with E-state index in [1.807, 2.05) is 13.0 Å². The number of ether oxygens (including phenoxy) is 2. The molecule has 2 N–H and O–H groups in total. The first-order valence-electron chi connectivity index (χ1n) is 8.54. The fourth-order valence-corrected chi connectivity index (χ4v) is 3.96. The summed E-state index contributed by atoms with van der Waals surface area (Å²) in [6.45, 7) is 3.39. The van der Waals surface area contributed by atoms with Gasteiger partial charge in [-0.1, -0.05) is 6.07 Å². The number of rotatable bonds is 4. The molecule has 0 aliphatic carbocycles. The summed E-state index contributed by atoms with van der Waals surface area (Å²) in [5.74, 6) is 1.29. The SMILES string of the molecule is COc1ccc(C2CCOCC2)c2nc(NC(=O)c3cnc(C)s3)[nH]c12. The molecule has 136 valence electrons. The maximum Gasteiger partial charge on any atom is 0.269 e. The Labute approximate surface area is 154 Å². The van der Waals surface area contributed by atoms with Crippen LogP contribution in [0.2, 0.25) is 0 Å². The van der Waals surface area contributed by atoms with E-state index < -0.39 is 0 Å². The standard InChI is InChI=1S/C18H20N4O3S/c1-10-19-9-14(26-10)17(23)22-18-20-15-12(11-5-7-25-8-6-11)3-4-13(24-2)16(15)21-18/h3-4,9,11H,5-8H2,1-2H3,(H2,20,21,22,23). The molecule has 26 heavy (non-hydrogen) atoms. The van der Waals surface area contributed by atoms with Crippen LogP contribution >= 0.6 is 11.3 Å². The first-order valence-corrected chi connectivity index (χ1v) is 9.35. The highest BCUT2D eigenvalue weighted by atomic mass is 32.1. The lowest BCUT2D eigenvalue weighted by Crippen LogP contribution is -2.14. The maximum absolute atomic E-state index is 12.4. The minimum absolute atomic E-state index is 0.221. The molecular formula is C18H20N4O3S. The van der Waals surface area contributed by atoms with Crippen LogP contribution in [-0.2, 0) is 4.74 Å². The number of amides is 1. The van der Waals surface area contributed by atoms with Crippen molar-refractivity contribution in [1.82, 2.24) is 15.0 Å². The average molecular weight is 372 g/mol. The zero-order chi connectivity index (χ0) is 18.1. The van der Waals surface area contributed by atoms with Crippen LogP contribution in [0.15, 0.2) is 18.3 Å². The van der Waals surface area contributed by atoms with E-state index in [1.165, 1.54) is 11.3 Å². The van der Waals surface area contributed by atoms with Crippen LogP contribution in [0, 0.1) is 6.92 Å². The van der Waals surface area contributed by atoms with Crippen molar-refractivity contribution in [2.45, 2.75) is 25.7 Å². The number of thiazole rings is 1. The van der Waals surface area contributed by atoms with Crippen LogP contribution in [0.3, 0.4) is 0 Å². The van der Waals surface area contributed by atoms with Gasteiger partial charge in [0.15, 0.2) is 0 Å². The number of hydrogen-bond acceptors (Lipinski definition) is 6. The van der Waals surface area contributed by atoms with Gasteiger partial charge >= 0.3 is 0 Å². The number of aryl methyl sites for hydroxylation is 1. The first-order chi connectivity index (χ1) is 12.7. The van der Waals surface area contributed by atoms with E-state index in [4.69, 9.17) is 9.47 Å². The van der Waals surface area contributed by atoms with Crippen LogP contribution in [0.4, 0.5) is 5.95 Å². The second-order valence-corrected chi connectivity index (χ2v) is 7.49. The Hall–Kier alpha value is -2.45. The Kier molecular flexibility index (Phi) is 4.60. The second kappa shape index (κ2) is 7.05. The van der Waals surface area contributed by atoms with E-state index in [0.717, 1.165) is 47.7 Å². The molecule has 8 heteroatoms. The van der Waals surface area contributed by atoms with Gasteiger partial charge < -0.3 is 14.5 Å². The minimum atomic E-state index is -0.221. The largest absolute Gasteiger partial charge is 0.494 e. The number of hydrogen-bond donors (Lipinski definition) is 2. The number of anilines is 1. The van der Waals surface area contributed by atoms with Gasteiger partial charge in [-0.15, -0.1) is 11.3 Å². The molecule has 3 aromatic rings. The molecule has 1 aromatic carbocycles. The van der Waals surface area contributed by atoms with Gasteiger partial charge in [0.05, 0.1) is 23.8 Å². The van der Waals surface area contributed by atoms with Crippen LogP contribution in [0.1, 0.15) is 39.0 Å². The van der Waals surface area contributed by atoms with Gasteiger partial charge in [-0.2, -0.15) is 0 Å². The number of carbonyl (C=O) groups is 1. The fraction of sp³-hybridized carbons (Fsp3) is 0.389. The Morgan fingerprint density at radius 3 is 2.88 bits per heavy atom. The molecule has 1 fully saturated rings. The van der Waals surface area contributed by atoms with Crippen molar-refractivity contribution in [2.75, 3.05) is 25.6 Å². The predicted octanol–water partition coefficient (Wildman–Crippen LogP) is 3.48. The van der Waals surface area contributed by atoms with E-state index >= 15 is 0 Å². The number of imidazole rings is 1. The number of nitrogens with zero attached hydrogens (tertiary/aromatic N) is 2. The highest BCUT2D eigenvalue weighted by molar-refractivity contribution is 7.13. The van der Waals surface area contributed by atoms with E-state index in [9.17, 15) is 4.79 Å². The minimum Gasteiger partial charge on any atom is -0.494 e. The molecule has 0 spiro atoms. The van der Waals surface area contributed by atoms with Gasteiger partial charge in [0, 0.05) is 13.2 Å². The summed E-state index contributed by atoms with van der Waals surface area (Å²) in [5, 5.41) is 3.68. The zero-order valence-electron chi connectivity index (χ0n) is 14.7. The number of aromatic amines is 1. The number of nitrogens with one attached hydrogen (secondary N) is 2. The summed E-state index contributed by atoms with van der Waals surface area (Å²) >= 11 is 1.35. The van der Waals surface area contributed by atoms with Gasteiger partial charge in [0.25, 0.3) is 5.91 Å². The van der Waals surface area contributed by atoms with Crippen molar-refractivity contribution in [3.8, 4) is 5.75 Å². The predicted molar refractivity (Wildman–Crippen MR) is 100 cm³/mol. The summed E-state index contributed by atoms with van der Waals surface area (Å²) in [7, 11) is 1.63. The Bertz CT molecular complexity index is 943. The molecule has 0 unspecified atom stereocenters. The normalized spacial score (nSPS) is 15.3. The summed E-state index contributed by atoms with van der Waals surface area (Å²) in [5.41, 5.74) is 2.80. The molecule has 0 atom stereocenters. The second-order valence-electron chi connectivity index (χ2n) is 6.25. The fourth-order valence-electron chi connectivity index (χ4n) is 3.29. The lowest BCUT2D eigenvalue weighted by Gasteiger charge is -2.22. The third-order valence-corrected chi connectivity index (χ3v) is 5.51. The Balaban J connectivity index is 1.69. The highest BCUT2D eigenvalue weighted by Crippen LogP contribution is 2.36. The Morgan fingerprint density at radius 1 is 1.38 bits per heavy atom. The molecule has 7 nitrogen and oxygen atoms in total.